The van der Waals surface area contributed by atoms with Crippen molar-refractivity contribution in [3.05, 3.63) is 0 Å². The third-order valence-electron chi connectivity index (χ3n) is 2.68. The molecule has 0 amide bonds. The summed E-state index contributed by atoms with van der Waals surface area (Å²) in [5.41, 5.74) is 0. The molecule has 56 valence electrons. The van der Waals surface area contributed by atoms with Crippen molar-refractivity contribution in [2.24, 2.45) is 11.8 Å². The Kier molecular flexibility index (Phi) is 1.20. The van der Waals surface area contributed by atoms with E-state index in [1.165, 1.54) is 0 Å². The minimum absolute atomic E-state index is 0.0498. The van der Waals surface area contributed by atoms with Gasteiger partial charge in [-0.1, -0.05) is 0 Å². The Morgan fingerprint density at radius 2 is 2.30 bits per heavy atom. The molecule has 2 rings (SSSR count). The molecule has 1 aliphatic carbocycles. The van der Waals surface area contributed by atoms with Gasteiger partial charge in [0, 0.05) is 6.04 Å². The van der Waals surface area contributed by atoms with Gasteiger partial charge in [0.25, 0.3) is 0 Å². The molecule has 0 spiro atoms. The standard InChI is InChI=1S/C7H11NO2/c9-7(10)6-2-5-1-4(6)3-8-5/h4-6,8H,1-3H2,(H,9,10)/t4-,5-,6+/m1/s1. The predicted octanol–water partition coefficient (Wildman–Crippen LogP) is 0.0690. The molecule has 0 unspecified atom stereocenters. The number of hydrogen-bond donors (Lipinski definition) is 2. The molecule has 2 aliphatic rings. The number of piperidine rings is 1. The van der Waals surface area contributed by atoms with Gasteiger partial charge in [-0.2, -0.15) is 0 Å². The number of carboxylic acid groups (broad SMARTS) is 1. The molecule has 2 bridgehead atoms. The molecule has 3 atom stereocenters. The van der Waals surface area contributed by atoms with E-state index in [9.17, 15) is 4.79 Å². The van der Waals surface area contributed by atoms with E-state index in [0.717, 1.165) is 19.4 Å². The minimum Gasteiger partial charge on any atom is -0.481 e. The molecule has 10 heavy (non-hydrogen) atoms. The predicted molar refractivity (Wildman–Crippen MR) is 35.6 cm³/mol. The Morgan fingerprint density at radius 3 is 2.60 bits per heavy atom. The molecule has 3 nitrogen and oxygen atoms in total. The van der Waals surface area contributed by atoms with Gasteiger partial charge in [-0.15, -0.1) is 0 Å². The molecular formula is C7H11NO2. The third-order valence-corrected chi connectivity index (χ3v) is 2.68. The molecule has 0 aromatic heterocycles. The highest BCUT2D eigenvalue weighted by Crippen LogP contribution is 2.36. The van der Waals surface area contributed by atoms with Crippen LogP contribution in [0, 0.1) is 11.8 Å². The number of rotatable bonds is 1. The van der Waals surface area contributed by atoms with E-state index >= 15 is 0 Å². The second kappa shape index (κ2) is 1.95. The zero-order valence-electron chi connectivity index (χ0n) is 5.71. The molecule has 0 aromatic rings. The number of nitrogens with one attached hydrogen (secondary N) is 1. The van der Waals surface area contributed by atoms with Crippen molar-refractivity contribution in [2.45, 2.75) is 18.9 Å². The van der Waals surface area contributed by atoms with Gasteiger partial charge in [-0.3, -0.25) is 4.79 Å². The summed E-state index contributed by atoms with van der Waals surface area (Å²) in [6.07, 6.45) is 1.93. The van der Waals surface area contributed by atoms with Crippen molar-refractivity contribution >= 4 is 5.97 Å². The zero-order valence-corrected chi connectivity index (χ0v) is 5.71. The molecule has 1 aliphatic heterocycles. The van der Waals surface area contributed by atoms with E-state index in [4.69, 9.17) is 5.11 Å². The SMILES string of the molecule is O=C(O)[C@H]1C[C@H]2C[C@@H]1CN2. The second-order valence-corrected chi connectivity index (χ2v) is 3.28. The summed E-state index contributed by atoms with van der Waals surface area (Å²) in [6, 6.07) is 0.506. The highest BCUT2D eigenvalue weighted by molar-refractivity contribution is 5.71. The van der Waals surface area contributed by atoms with Gasteiger partial charge < -0.3 is 10.4 Å². The molecule has 0 radical (unpaired) electrons. The van der Waals surface area contributed by atoms with Crippen LogP contribution in [0.2, 0.25) is 0 Å². The van der Waals surface area contributed by atoms with Crippen molar-refractivity contribution < 1.29 is 9.90 Å². The Morgan fingerprint density at radius 1 is 1.50 bits per heavy atom. The van der Waals surface area contributed by atoms with E-state index in [-0.39, 0.29) is 5.92 Å². The largest absolute Gasteiger partial charge is 0.481 e. The molecule has 3 heteroatoms. The van der Waals surface area contributed by atoms with Crippen LogP contribution in [0.4, 0.5) is 0 Å². The summed E-state index contributed by atoms with van der Waals surface area (Å²) >= 11 is 0. The fraction of sp³-hybridized carbons (Fsp3) is 0.857. The number of carboxylic acids is 1. The lowest BCUT2D eigenvalue weighted by Gasteiger charge is -2.17. The number of fused-ring (bicyclic) bond motifs is 2. The molecule has 1 saturated carbocycles. The minimum atomic E-state index is -0.603. The van der Waals surface area contributed by atoms with Crippen molar-refractivity contribution in [1.29, 1.82) is 0 Å². The number of hydrogen-bond acceptors (Lipinski definition) is 2. The highest BCUT2D eigenvalue weighted by Gasteiger charge is 2.42. The van der Waals surface area contributed by atoms with Crippen molar-refractivity contribution in [1.82, 2.24) is 5.32 Å². The Hall–Kier alpha value is -0.570. The van der Waals surface area contributed by atoms with E-state index in [1.807, 2.05) is 0 Å². The fourth-order valence-corrected chi connectivity index (χ4v) is 2.14. The quantitative estimate of drug-likeness (QED) is 0.543. The smallest absolute Gasteiger partial charge is 0.306 e. The van der Waals surface area contributed by atoms with E-state index in [0.29, 0.717) is 12.0 Å². The average molecular weight is 141 g/mol. The normalized spacial score (nSPS) is 44.2. The van der Waals surface area contributed by atoms with Gasteiger partial charge in [0.05, 0.1) is 5.92 Å². The molecular weight excluding hydrogens is 130 g/mol. The van der Waals surface area contributed by atoms with Crippen LogP contribution in [-0.4, -0.2) is 23.7 Å². The van der Waals surface area contributed by atoms with Crippen LogP contribution in [0.1, 0.15) is 12.8 Å². The van der Waals surface area contributed by atoms with Gasteiger partial charge in [-0.25, -0.2) is 0 Å². The number of aliphatic carboxylic acids is 1. The lowest BCUT2D eigenvalue weighted by atomic mass is 9.96. The molecule has 2 N–H and O–H groups in total. The fourth-order valence-electron chi connectivity index (χ4n) is 2.14. The summed E-state index contributed by atoms with van der Waals surface area (Å²) in [4.78, 5) is 10.6. The van der Waals surface area contributed by atoms with Gasteiger partial charge >= 0.3 is 5.97 Å². The monoisotopic (exact) mass is 141 g/mol. The highest BCUT2D eigenvalue weighted by atomic mass is 16.4. The van der Waals surface area contributed by atoms with Crippen molar-refractivity contribution in [2.75, 3.05) is 6.54 Å². The molecule has 2 fully saturated rings. The first-order valence-corrected chi connectivity index (χ1v) is 3.73. The average Bonchev–Trinajstić information content (AvgIpc) is 2.44. The first kappa shape index (κ1) is 6.16. The third kappa shape index (κ3) is 0.736. The van der Waals surface area contributed by atoms with Crippen molar-refractivity contribution in [3.8, 4) is 0 Å². The van der Waals surface area contributed by atoms with Crippen LogP contribution in [0.5, 0.6) is 0 Å². The van der Waals surface area contributed by atoms with E-state index in [2.05, 4.69) is 5.32 Å². The van der Waals surface area contributed by atoms with Gasteiger partial charge in [-0.05, 0) is 25.3 Å². The van der Waals surface area contributed by atoms with Gasteiger partial charge in [0.15, 0.2) is 0 Å². The maximum absolute atomic E-state index is 10.6. The summed E-state index contributed by atoms with van der Waals surface area (Å²) in [7, 11) is 0. The van der Waals surface area contributed by atoms with Gasteiger partial charge in [0.1, 0.15) is 0 Å². The van der Waals surface area contributed by atoms with Crippen molar-refractivity contribution in [3.63, 3.8) is 0 Å². The summed E-state index contributed by atoms with van der Waals surface area (Å²) < 4.78 is 0. The van der Waals surface area contributed by atoms with Crippen LogP contribution < -0.4 is 5.32 Å². The Bertz CT molecular complexity index is 169. The van der Waals surface area contributed by atoms with Crippen LogP contribution >= 0.6 is 0 Å². The second-order valence-electron chi connectivity index (χ2n) is 3.28. The maximum Gasteiger partial charge on any atom is 0.306 e. The number of carbonyl (C=O) groups is 1. The van der Waals surface area contributed by atoms with Crippen LogP contribution in [-0.2, 0) is 4.79 Å². The Labute approximate surface area is 59.4 Å². The molecule has 0 aromatic carbocycles. The summed E-state index contributed by atoms with van der Waals surface area (Å²) in [5.74, 6) is -0.234. The van der Waals surface area contributed by atoms with E-state index < -0.39 is 5.97 Å². The zero-order chi connectivity index (χ0) is 7.14. The van der Waals surface area contributed by atoms with Crippen LogP contribution in [0.25, 0.3) is 0 Å². The topological polar surface area (TPSA) is 49.3 Å². The Balaban J connectivity index is 2.08. The van der Waals surface area contributed by atoms with Gasteiger partial charge in [0.2, 0.25) is 0 Å². The summed E-state index contributed by atoms with van der Waals surface area (Å²) in [6.45, 7) is 0.918. The summed E-state index contributed by atoms with van der Waals surface area (Å²) in [5, 5.41) is 12.0. The first-order valence-electron chi connectivity index (χ1n) is 3.73. The van der Waals surface area contributed by atoms with Crippen LogP contribution in [0.3, 0.4) is 0 Å². The lowest BCUT2D eigenvalue weighted by Crippen LogP contribution is -2.33. The lowest BCUT2D eigenvalue weighted by molar-refractivity contribution is -0.143. The maximum atomic E-state index is 10.6. The van der Waals surface area contributed by atoms with E-state index in [1.54, 1.807) is 0 Å². The first-order chi connectivity index (χ1) is 4.77. The van der Waals surface area contributed by atoms with Crippen LogP contribution in [0.15, 0.2) is 0 Å². The molecule has 1 heterocycles. The molecule has 1 saturated heterocycles.